The van der Waals surface area contributed by atoms with Crippen molar-refractivity contribution in [3.05, 3.63) is 29.8 Å². The number of hydrogen-bond acceptors (Lipinski definition) is 2. The molecular formula is C9H5F5OS. The summed E-state index contributed by atoms with van der Waals surface area (Å²) in [5.41, 5.74) is -0.641. The lowest BCUT2D eigenvalue weighted by atomic mass is 10.1. The first-order valence-corrected chi connectivity index (χ1v) is 4.85. The Morgan fingerprint density at radius 2 is 1.88 bits per heavy atom. The summed E-state index contributed by atoms with van der Waals surface area (Å²) in [5.74, 6) is -4.78. The van der Waals surface area contributed by atoms with Crippen molar-refractivity contribution in [3.8, 4) is 0 Å². The molecule has 0 spiro atoms. The Kier molecular flexibility index (Phi) is 3.90. The molecule has 0 heterocycles. The monoisotopic (exact) mass is 256 g/mol. The van der Waals surface area contributed by atoms with Crippen molar-refractivity contribution < 1.29 is 26.7 Å². The van der Waals surface area contributed by atoms with Gasteiger partial charge in [-0.25, -0.2) is 0 Å². The third kappa shape index (κ3) is 3.48. The van der Waals surface area contributed by atoms with Gasteiger partial charge in [-0.3, -0.25) is 4.79 Å². The molecule has 0 atom stereocenters. The molecule has 0 unspecified atom stereocenters. The van der Waals surface area contributed by atoms with Gasteiger partial charge in [0.1, 0.15) is 0 Å². The van der Waals surface area contributed by atoms with Crippen LogP contribution in [0.15, 0.2) is 29.2 Å². The first-order chi connectivity index (χ1) is 7.30. The van der Waals surface area contributed by atoms with E-state index < -0.39 is 23.3 Å². The van der Waals surface area contributed by atoms with E-state index in [4.69, 9.17) is 0 Å². The zero-order valence-electron chi connectivity index (χ0n) is 7.59. The summed E-state index contributed by atoms with van der Waals surface area (Å²) in [5, 5.41) is 0. The number of alkyl halides is 5. The number of carbonyl (C=O) groups is 1. The predicted molar refractivity (Wildman–Crippen MR) is 48.7 cm³/mol. The quantitative estimate of drug-likeness (QED) is 0.465. The molecule has 0 fully saturated rings. The number of thioether (sulfide) groups is 1. The Bertz CT molecular complexity index is 388. The molecule has 0 aromatic heterocycles. The number of halogens is 5. The molecule has 1 nitrogen and oxygen atoms in total. The molecular weight excluding hydrogens is 251 g/mol. The van der Waals surface area contributed by atoms with Crippen LogP contribution >= 0.6 is 11.8 Å². The number of hydrogen-bond donors (Lipinski definition) is 0. The summed E-state index contributed by atoms with van der Waals surface area (Å²) in [6.07, 6.45) is -4.99. The van der Waals surface area contributed by atoms with Gasteiger partial charge in [0.2, 0.25) is 0 Å². The largest absolute Gasteiger partial charge is 0.454 e. The van der Waals surface area contributed by atoms with E-state index in [2.05, 4.69) is 0 Å². The molecule has 0 N–H and O–H groups in total. The molecule has 0 aliphatic rings. The molecule has 1 aromatic carbocycles. The minimum Gasteiger partial charge on any atom is -0.284 e. The zero-order valence-corrected chi connectivity index (χ0v) is 8.41. The maximum absolute atomic E-state index is 12.0. The average molecular weight is 256 g/mol. The number of carbonyl (C=O) groups excluding carboxylic acids is 1. The molecule has 0 saturated heterocycles. The molecule has 0 amide bonds. The fraction of sp³-hybridized carbons (Fsp3) is 0.222. The van der Waals surface area contributed by atoms with Crippen molar-refractivity contribution in [2.24, 2.45) is 0 Å². The van der Waals surface area contributed by atoms with Gasteiger partial charge in [-0.1, -0.05) is 23.9 Å². The molecule has 0 saturated carbocycles. The van der Waals surface area contributed by atoms with Crippen LogP contribution in [0.3, 0.4) is 0 Å². The van der Waals surface area contributed by atoms with Crippen molar-refractivity contribution in [1.29, 1.82) is 0 Å². The van der Waals surface area contributed by atoms with Gasteiger partial charge in [0, 0.05) is 10.5 Å². The molecule has 88 valence electrons. The lowest BCUT2D eigenvalue weighted by Crippen LogP contribution is -2.22. The first kappa shape index (κ1) is 13.0. The van der Waals surface area contributed by atoms with Gasteiger partial charge in [0.05, 0.1) is 0 Å². The first-order valence-electron chi connectivity index (χ1n) is 3.97. The summed E-state index contributed by atoms with van der Waals surface area (Å²) in [4.78, 5) is 10.7. The summed E-state index contributed by atoms with van der Waals surface area (Å²) >= 11 is 0.0877. The molecule has 0 aliphatic carbocycles. The molecule has 7 heteroatoms. The molecule has 0 aliphatic heterocycles. The van der Waals surface area contributed by atoms with Gasteiger partial charge < -0.3 is 0 Å². The second-order valence-electron chi connectivity index (χ2n) is 2.73. The lowest BCUT2D eigenvalue weighted by Gasteiger charge is -2.06. The van der Waals surface area contributed by atoms with Gasteiger partial charge in [0.25, 0.3) is 11.5 Å². The normalized spacial score (nSPS) is 11.9. The van der Waals surface area contributed by atoms with Crippen LogP contribution in [0.1, 0.15) is 10.4 Å². The van der Waals surface area contributed by atoms with Crippen LogP contribution in [0.25, 0.3) is 0 Å². The maximum atomic E-state index is 12.0. The smallest absolute Gasteiger partial charge is 0.284 e. The number of rotatable bonds is 3. The Morgan fingerprint density at radius 3 is 2.38 bits per heavy atom. The second-order valence-corrected chi connectivity index (χ2v) is 3.80. The predicted octanol–water partition coefficient (Wildman–Crippen LogP) is 3.75. The highest BCUT2D eigenvalue weighted by Crippen LogP contribution is 2.28. The summed E-state index contributed by atoms with van der Waals surface area (Å²) in [7, 11) is 0. The summed E-state index contributed by atoms with van der Waals surface area (Å²) in [6.45, 7) is 0. The molecule has 1 rings (SSSR count). The van der Waals surface area contributed by atoms with Gasteiger partial charge in [-0.2, -0.15) is 22.0 Å². The minimum absolute atomic E-state index is 0.0786. The van der Waals surface area contributed by atoms with E-state index in [9.17, 15) is 26.7 Å². The highest BCUT2D eigenvalue weighted by molar-refractivity contribution is 7.99. The Labute approximate surface area is 91.6 Å². The van der Waals surface area contributed by atoms with Gasteiger partial charge >= 0.3 is 6.18 Å². The summed E-state index contributed by atoms with van der Waals surface area (Å²) in [6, 6.07) is 4.08. The third-order valence-corrected chi connectivity index (χ3v) is 2.28. The minimum atomic E-state index is -4.99. The molecule has 0 radical (unpaired) electrons. The van der Waals surface area contributed by atoms with E-state index in [0.717, 1.165) is 18.2 Å². The van der Waals surface area contributed by atoms with Crippen LogP contribution in [0.4, 0.5) is 22.0 Å². The van der Waals surface area contributed by atoms with Crippen molar-refractivity contribution in [3.63, 3.8) is 0 Å². The van der Waals surface area contributed by atoms with Crippen molar-refractivity contribution in [1.82, 2.24) is 0 Å². The van der Waals surface area contributed by atoms with Crippen LogP contribution in [0.2, 0.25) is 0 Å². The van der Waals surface area contributed by atoms with Crippen molar-refractivity contribution in [2.45, 2.75) is 16.8 Å². The van der Waals surface area contributed by atoms with E-state index in [1.807, 2.05) is 0 Å². The second kappa shape index (κ2) is 4.82. The van der Waals surface area contributed by atoms with Crippen LogP contribution in [-0.2, 0) is 0 Å². The maximum Gasteiger partial charge on any atom is 0.454 e. The van der Waals surface area contributed by atoms with Crippen molar-refractivity contribution >= 4 is 17.5 Å². The van der Waals surface area contributed by atoms with E-state index >= 15 is 0 Å². The number of benzene rings is 1. The summed E-state index contributed by atoms with van der Waals surface area (Å²) < 4.78 is 60.0. The zero-order chi connectivity index (χ0) is 12.3. The molecule has 16 heavy (non-hydrogen) atoms. The fourth-order valence-corrected chi connectivity index (χ4v) is 1.54. The van der Waals surface area contributed by atoms with Crippen LogP contribution < -0.4 is 0 Å². The van der Waals surface area contributed by atoms with E-state index in [0.29, 0.717) is 0 Å². The Hall–Kier alpha value is -1.11. The molecule has 0 bridgehead atoms. The van der Waals surface area contributed by atoms with Crippen LogP contribution in [0.5, 0.6) is 0 Å². The number of Topliss-reactive ketones (excluding diaryl/α,β-unsaturated/α-hetero) is 1. The Morgan fingerprint density at radius 1 is 1.25 bits per heavy atom. The van der Waals surface area contributed by atoms with E-state index in [1.165, 1.54) is 6.07 Å². The topological polar surface area (TPSA) is 17.1 Å². The van der Waals surface area contributed by atoms with E-state index in [-0.39, 0.29) is 16.7 Å². The van der Waals surface area contributed by atoms with E-state index in [1.54, 1.807) is 0 Å². The van der Waals surface area contributed by atoms with Crippen molar-refractivity contribution in [2.75, 3.05) is 0 Å². The highest BCUT2D eigenvalue weighted by atomic mass is 32.2. The van der Waals surface area contributed by atoms with Gasteiger partial charge in [-0.05, 0) is 12.1 Å². The van der Waals surface area contributed by atoms with Gasteiger partial charge in [0.15, 0.2) is 0 Å². The third-order valence-electron chi connectivity index (χ3n) is 1.58. The van der Waals surface area contributed by atoms with Crippen LogP contribution in [-0.4, -0.2) is 17.7 Å². The Balaban J connectivity index is 2.95. The highest BCUT2D eigenvalue weighted by Gasteiger charge is 2.39. The van der Waals surface area contributed by atoms with Crippen LogP contribution in [0, 0.1) is 0 Å². The SMILES string of the molecule is O=C(c1cccc(SC(F)F)c1)C(F)(F)F. The molecule has 1 aromatic rings. The van der Waals surface area contributed by atoms with Gasteiger partial charge in [-0.15, -0.1) is 0 Å². The average Bonchev–Trinajstić information content (AvgIpc) is 2.14. The standard InChI is InChI=1S/C9H5F5OS/c10-8(11)16-6-3-1-2-5(4-6)7(15)9(12,13)14/h1-4,8H. The lowest BCUT2D eigenvalue weighted by molar-refractivity contribution is -0.0885. The number of ketones is 1. The fourth-order valence-electron chi connectivity index (χ4n) is 0.977.